The van der Waals surface area contributed by atoms with Gasteiger partial charge in [-0.05, 0) is 32.6 Å². The fourth-order valence-corrected chi connectivity index (χ4v) is 4.25. The number of hydrogen-bond acceptors (Lipinski definition) is 6. The second kappa shape index (κ2) is 9.82. The predicted molar refractivity (Wildman–Crippen MR) is 97.1 cm³/mol. The minimum Gasteiger partial charge on any atom is -0.389 e. The number of aliphatic hydroxyl groups is 1. The number of carbonyl (C=O) groups excluding carboxylic acids is 2. The number of nitrogens with zero attached hydrogens (tertiary/aromatic N) is 1. The van der Waals surface area contributed by atoms with Crippen molar-refractivity contribution in [3.05, 3.63) is 0 Å². The zero-order valence-electron chi connectivity index (χ0n) is 16.1. The summed E-state index contributed by atoms with van der Waals surface area (Å²) in [5, 5.41) is 13.0. The summed E-state index contributed by atoms with van der Waals surface area (Å²) < 4.78 is 17.1. The average Bonchev–Trinajstić information content (AvgIpc) is 2.65. The van der Waals surface area contributed by atoms with Gasteiger partial charge in [-0.3, -0.25) is 9.59 Å². The number of β-amino-alcohol motifs (C(OH)–C–C–N with tert-alkyl or cyclic N) is 1. The quantitative estimate of drug-likeness (QED) is 0.712. The van der Waals surface area contributed by atoms with Crippen LogP contribution in [0.5, 0.6) is 0 Å². The minimum atomic E-state index is -0.692. The van der Waals surface area contributed by atoms with Crippen LogP contribution in [0.3, 0.4) is 0 Å². The standard InChI is InChI=1S/C19H32N2O6/c1-2-20-18(23)9-15-3-4-16-17(27-15)12-26-11-14(22)10-21(16)19(24)13-5-7-25-8-6-13/h13-17,22H,2-12H2,1H3,(H,20,23)/t14-,15+,16-,17+/m1/s1. The zero-order chi connectivity index (χ0) is 19.2. The van der Waals surface area contributed by atoms with Gasteiger partial charge >= 0.3 is 0 Å². The van der Waals surface area contributed by atoms with Crippen LogP contribution in [0.15, 0.2) is 0 Å². The first kappa shape index (κ1) is 20.5. The van der Waals surface area contributed by atoms with Crippen molar-refractivity contribution in [3.63, 3.8) is 0 Å². The molecule has 3 aliphatic heterocycles. The molecule has 2 amide bonds. The number of ether oxygens (including phenoxy) is 3. The number of hydrogen-bond donors (Lipinski definition) is 2. The number of rotatable bonds is 4. The van der Waals surface area contributed by atoms with E-state index >= 15 is 0 Å². The van der Waals surface area contributed by atoms with E-state index in [1.165, 1.54) is 0 Å². The van der Waals surface area contributed by atoms with E-state index in [9.17, 15) is 14.7 Å². The molecular formula is C19H32N2O6. The summed E-state index contributed by atoms with van der Waals surface area (Å²) in [7, 11) is 0. The van der Waals surface area contributed by atoms with Gasteiger partial charge in [0.05, 0.1) is 37.9 Å². The van der Waals surface area contributed by atoms with Crippen LogP contribution in [0.25, 0.3) is 0 Å². The lowest BCUT2D eigenvalue weighted by atomic mass is 9.91. The van der Waals surface area contributed by atoms with E-state index in [-0.39, 0.29) is 49.1 Å². The third kappa shape index (κ3) is 5.40. The Morgan fingerprint density at radius 3 is 2.63 bits per heavy atom. The molecule has 154 valence electrons. The Morgan fingerprint density at radius 2 is 1.89 bits per heavy atom. The van der Waals surface area contributed by atoms with Gasteiger partial charge in [-0.2, -0.15) is 0 Å². The monoisotopic (exact) mass is 384 g/mol. The molecule has 0 radical (unpaired) electrons. The van der Waals surface area contributed by atoms with Crippen LogP contribution in [0, 0.1) is 5.92 Å². The first-order chi connectivity index (χ1) is 13.1. The van der Waals surface area contributed by atoms with Gasteiger partial charge in [0.1, 0.15) is 6.10 Å². The Kier molecular flexibility index (Phi) is 7.46. The molecule has 0 aliphatic carbocycles. The molecule has 3 heterocycles. The molecule has 0 aromatic rings. The van der Waals surface area contributed by atoms with Crippen LogP contribution in [0.1, 0.15) is 39.0 Å². The predicted octanol–water partition coefficient (Wildman–Crippen LogP) is 0.0751. The number of aliphatic hydroxyl groups excluding tert-OH is 1. The van der Waals surface area contributed by atoms with E-state index in [1.807, 2.05) is 11.8 Å². The highest BCUT2D eigenvalue weighted by molar-refractivity contribution is 5.79. The molecule has 2 N–H and O–H groups in total. The summed E-state index contributed by atoms with van der Waals surface area (Å²) in [5.41, 5.74) is 0. The van der Waals surface area contributed by atoms with Gasteiger partial charge in [0, 0.05) is 32.2 Å². The number of amides is 2. The fourth-order valence-electron chi connectivity index (χ4n) is 4.25. The lowest BCUT2D eigenvalue weighted by molar-refractivity contribution is -0.173. The first-order valence-corrected chi connectivity index (χ1v) is 10.1. The number of carbonyl (C=O) groups is 2. The molecule has 27 heavy (non-hydrogen) atoms. The molecule has 0 aromatic heterocycles. The summed E-state index contributed by atoms with van der Waals surface area (Å²) in [5.74, 6) is 0.0123. The molecule has 3 aliphatic rings. The third-order valence-corrected chi connectivity index (χ3v) is 5.62. The Morgan fingerprint density at radius 1 is 1.11 bits per heavy atom. The second-order valence-electron chi connectivity index (χ2n) is 7.67. The number of nitrogens with one attached hydrogen (secondary N) is 1. The Balaban J connectivity index is 1.67. The van der Waals surface area contributed by atoms with E-state index in [2.05, 4.69) is 5.32 Å². The maximum atomic E-state index is 13.2. The van der Waals surface area contributed by atoms with E-state index in [4.69, 9.17) is 14.2 Å². The molecule has 3 rings (SSSR count). The maximum Gasteiger partial charge on any atom is 0.226 e. The smallest absolute Gasteiger partial charge is 0.226 e. The van der Waals surface area contributed by atoms with E-state index in [1.54, 1.807) is 0 Å². The maximum absolute atomic E-state index is 13.2. The molecule has 0 unspecified atom stereocenters. The molecule has 0 aromatic carbocycles. The summed E-state index contributed by atoms with van der Waals surface area (Å²) in [4.78, 5) is 26.9. The SMILES string of the molecule is CCNC(=O)C[C@@H]1CC[C@@H]2[C@H](COC[C@H](O)CN2C(=O)C2CCOCC2)O1. The Labute approximate surface area is 160 Å². The molecule has 3 fully saturated rings. The second-order valence-corrected chi connectivity index (χ2v) is 7.67. The van der Waals surface area contributed by atoms with Gasteiger partial charge in [0.15, 0.2) is 0 Å². The molecule has 0 saturated carbocycles. The molecule has 0 bridgehead atoms. The van der Waals surface area contributed by atoms with Crippen molar-refractivity contribution in [2.75, 3.05) is 39.5 Å². The topological polar surface area (TPSA) is 97.3 Å². The van der Waals surface area contributed by atoms with Crippen LogP contribution < -0.4 is 5.32 Å². The van der Waals surface area contributed by atoms with Crippen LogP contribution in [-0.2, 0) is 23.8 Å². The van der Waals surface area contributed by atoms with Gasteiger partial charge in [-0.25, -0.2) is 0 Å². The Hall–Kier alpha value is -1.22. The van der Waals surface area contributed by atoms with Crippen LogP contribution in [0.4, 0.5) is 0 Å². The van der Waals surface area contributed by atoms with E-state index < -0.39 is 6.10 Å². The van der Waals surface area contributed by atoms with Gasteiger partial charge in [0.2, 0.25) is 11.8 Å². The van der Waals surface area contributed by atoms with Crippen molar-refractivity contribution >= 4 is 11.8 Å². The highest BCUT2D eigenvalue weighted by Crippen LogP contribution is 2.30. The molecule has 8 nitrogen and oxygen atoms in total. The molecule has 4 atom stereocenters. The molecule has 0 spiro atoms. The molecular weight excluding hydrogens is 352 g/mol. The van der Waals surface area contributed by atoms with Crippen molar-refractivity contribution in [2.24, 2.45) is 5.92 Å². The van der Waals surface area contributed by atoms with Gasteiger partial charge in [-0.1, -0.05) is 0 Å². The van der Waals surface area contributed by atoms with E-state index in [0.29, 0.717) is 39.2 Å². The van der Waals surface area contributed by atoms with Crippen LogP contribution in [-0.4, -0.2) is 85.7 Å². The van der Waals surface area contributed by atoms with Gasteiger partial charge in [-0.15, -0.1) is 0 Å². The van der Waals surface area contributed by atoms with Gasteiger partial charge in [0.25, 0.3) is 0 Å². The van der Waals surface area contributed by atoms with E-state index in [0.717, 1.165) is 19.3 Å². The van der Waals surface area contributed by atoms with Crippen molar-refractivity contribution in [1.82, 2.24) is 10.2 Å². The van der Waals surface area contributed by atoms with Crippen LogP contribution >= 0.6 is 0 Å². The summed E-state index contributed by atoms with van der Waals surface area (Å²) in [6.45, 7) is 4.48. The van der Waals surface area contributed by atoms with Gasteiger partial charge < -0.3 is 29.5 Å². The van der Waals surface area contributed by atoms with Crippen LogP contribution in [0.2, 0.25) is 0 Å². The van der Waals surface area contributed by atoms with Crippen molar-refractivity contribution < 1.29 is 28.9 Å². The highest BCUT2D eigenvalue weighted by atomic mass is 16.5. The normalized spacial score (nSPS) is 32.9. The van der Waals surface area contributed by atoms with Crippen molar-refractivity contribution in [2.45, 2.75) is 63.4 Å². The molecule has 8 heteroatoms. The fraction of sp³-hybridized carbons (Fsp3) is 0.895. The average molecular weight is 384 g/mol. The Bertz CT molecular complexity index is 510. The molecule has 3 saturated heterocycles. The number of fused-ring (bicyclic) bond motifs is 1. The zero-order valence-corrected chi connectivity index (χ0v) is 16.1. The van der Waals surface area contributed by atoms with Crippen molar-refractivity contribution in [3.8, 4) is 0 Å². The highest BCUT2D eigenvalue weighted by Gasteiger charge is 2.41. The lowest BCUT2D eigenvalue weighted by Gasteiger charge is -2.45. The first-order valence-electron chi connectivity index (χ1n) is 10.1. The summed E-state index contributed by atoms with van der Waals surface area (Å²) >= 11 is 0. The largest absolute Gasteiger partial charge is 0.389 e. The van der Waals surface area contributed by atoms with Crippen molar-refractivity contribution in [1.29, 1.82) is 0 Å². The minimum absolute atomic E-state index is 0.0155. The lowest BCUT2D eigenvalue weighted by Crippen LogP contribution is -2.58. The summed E-state index contributed by atoms with van der Waals surface area (Å²) in [6, 6.07) is -0.124. The summed E-state index contributed by atoms with van der Waals surface area (Å²) in [6.07, 6.45) is 2.11. The third-order valence-electron chi connectivity index (χ3n) is 5.62.